The van der Waals surface area contributed by atoms with Crippen LogP contribution in [0.3, 0.4) is 0 Å². The van der Waals surface area contributed by atoms with Crippen molar-refractivity contribution in [2.24, 2.45) is 11.1 Å². The molecule has 3 aliphatic heterocycles. The molecule has 0 bridgehead atoms. The van der Waals surface area contributed by atoms with Crippen LogP contribution in [-0.4, -0.2) is 98.1 Å². The van der Waals surface area contributed by atoms with Crippen LogP contribution in [0.15, 0.2) is 18.2 Å². The van der Waals surface area contributed by atoms with E-state index in [0.717, 1.165) is 38.4 Å². The van der Waals surface area contributed by atoms with Gasteiger partial charge in [0, 0.05) is 44.0 Å². The zero-order valence-corrected chi connectivity index (χ0v) is 22.9. The Morgan fingerprint density at radius 2 is 1.86 bits per heavy atom. The number of nitrogens with two attached hydrogens (primary N) is 1. The second-order valence-electron chi connectivity index (χ2n) is 11.5. The number of amides is 2. The van der Waals surface area contributed by atoms with Crippen molar-refractivity contribution in [3.05, 3.63) is 29.3 Å². The van der Waals surface area contributed by atoms with E-state index in [1.54, 1.807) is 11.0 Å². The molecule has 4 atom stereocenters. The molecule has 3 heterocycles. The van der Waals surface area contributed by atoms with Gasteiger partial charge >= 0.3 is 0 Å². The fourth-order valence-corrected chi connectivity index (χ4v) is 5.92. The third kappa shape index (κ3) is 5.84. The van der Waals surface area contributed by atoms with E-state index in [1.807, 2.05) is 19.1 Å². The highest BCUT2D eigenvalue weighted by Crippen LogP contribution is 2.39. The predicted octanol–water partition coefficient (Wildman–Crippen LogP) is 2.03. The van der Waals surface area contributed by atoms with Gasteiger partial charge in [0.25, 0.3) is 0 Å². The highest BCUT2D eigenvalue weighted by Gasteiger charge is 2.54. The van der Waals surface area contributed by atoms with E-state index in [0.29, 0.717) is 30.7 Å². The van der Waals surface area contributed by atoms with Crippen LogP contribution in [0.5, 0.6) is 0 Å². The molecule has 9 nitrogen and oxygen atoms in total. The summed E-state index contributed by atoms with van der Waals surface area (Å²) in [5, 5.41) is 0. The van der Waals surface area contributed by atoms with Crippen LogP contribution in [0.1, 0.15) is 62.9 Å². The van der Waals surface area contributed by atoms with Gasteiger partial charge in [-0.2, -0.15) is 0 Å². The maximum Gasteiger partial charge on any atom is 0.249 e. The maximum atomic E-state index is 14.3. The molecule has 3 aliphatic rings. The van der Waals surface area contributed by atoms with Gasteiger partial charge in [-0.15, -0.1) is 0 Å². The van der Waals surface area contributed by atoms with E-state index in [-0.39, 0.29) is 29.8 Å². The Bertz CT molecular complexity index is 1010. The molecule has 0 aliphatic carbocycles. The van der Waals surface area contributed by atoms with E-state index >= 15 is 0 Å². The number of ketones is 1. The normalized spacial score (nSPS) is 25.4. The van der Waals surface area contributed by atoms with Crippen molar-refractivity contribution < 1.29 is 23.9 Å². The number of carbonyl (C=O) groups excluding carboxylic acids is 3. The van der Waals surface area contributed by atoms with Crippen LogP contribution in [0.25, 0.3) is 0 Å². The molecule has 37 heavy (non-hydrogen) atoms. The second-order valence-corrected chi connectivity index (χ2v) is 11.5. The van der Waals surface area contributed by atoms with Crippen LogP contribution in [0, 0.1) is 5.41 Å². The number of piperazine rings is 1. The summed E-state index contributed by atoms with van der Waals surface area (Å²) < 4.78 is 11.6. The first-order chi connectivity index (χ1) is 17.5. The molecule has 0 radical (unpaired) electrons. The van der Waals surface area contributed by atoms with Gasteiger partial charge in [-0.1, -0.05) is 27.7 Å². The first-order valence-corrected chi connectivity index (χ1v) is 13.5. The predicted molar refractivity (Wildman–Crippen MR) is 142 cm³/mol. The standard InChI is InChI=1S/C28H42N4O5/c1-6-30-10-12-31(13-11-30)18-8-9-19(26(29)34)20(14-18)21(15-28(3,4)5)27(35)32-16-23(36-7-2)25-24(32)22(33)17-37-25/h8-9,14,21,23-25H,6-7,10-13,15-17H2,1-5H3,(H2,29,34)/t21-,23-,24+,25+/m0/s1. The number of ether oxygens (including phenoxy) is 2. The van der Waals surface area contributed by atoms with Gasteiger partial charge in [0.15, 0.2) is 5.78 Å². The number of carbonyl (C=O) groups is 3. The van der Waals surface area contributed by atoms with Crippen molar-refractivity contribution in [1.29, 1.82) is 0 Å². The maximum absolute atomic E-state index is 14.3. The minimum atomic E-state index is -0.658. The molecule has 3 saturated heterocycles. The lowest BCUT2D eigenvalue weighted by molar-refractivity contribution is -0.138. The molecule has 1 aromatic rings. The average molecular weight is 515 g/mol. The van der Waals surface area contributed by atoms with Gasteiger partial charge in [-0.25, -0.2) is 0 Å². The molecule has 0 aromatic heterocycles. The van der Waals surface area contributed by atoms with Gasteiger partial charge in [-0.05, 0) is 49.1 Å². The summed E-state index contributed by atoms with van der Waals surface area (Å²) in [6, 6.07) is 4.99. The minimum Gasteiger partial charge on any atom is -0.374 e. The van der Waals surface area contributed by atoms with Crippen LogP contribution in [0.4, 0.5) is 5.69 Å². The lowest BCUT2D eigenvalue weighted by Gasteiger charge is -2.36. The van der Waals surface area contributed by atoms with Crippen LogP contribution in [0.2, 0.25) is 0 Å². The van der Waals surface area contributed by atoms with Crippen LogP contribution in [-0.2, 0) is 19.1 Å². The van der Waals surface area contributed by atoms with Crippen molar-refractivity contribution >= 4 is 23.3 Å². The fourth-order valence-electron chi connectivity index (χ4n) is 5.92. The summed E-state index contributed by atoms with van der Waals surface area (Å²) >= 11 is 0. The quantitative estimate of drug-likeness (QED) is 0.566. The number of anilines is 1. The molecule has 4 rings (SSSR count). The number of hydrogen-bond donors (Lipinski definition) is 1. The molecule has 3 fully saturated rings. The van der Waals surface area contributed by atoms with Crippen molar-refractivity contribution in [3.8, 4) is 0 Å². The fraction of sp³-hybridized carbons (Fsp3) is 0.679. The zero-order valence-electron chi connectivity index (χ0n) is 22.9. The molecular formula is C28H42N4O5. The van der Waals surface area contributed by atoms with E-state index in [9.17, 15) is 14.4 Å². The van der Waals surface area contributed by atoms with Gasteiger partial charge in [0.1, 0.15) is 24.9 Å². The van der Waals surface area contributed by atoms with E-state index in [4.69, 9.17) is 15.2 Å². The van der Waals surface area contributed by atoms with Gasteiger partial charge in [0.2, 0.25) is 11.8 Å². The van der Waals surface area contributed by atoms with Crippen molar-refractivity contribution in [2.75, 3.05) is 57.4 Å². The number of Topliss-reactive ketones (excluding diaryl/α,β-unsaturated/α-hetero) is 1. The summed E-state index contributed by atoms with van der Waals surface area (Å²) in [4.78, 5) is 46.0. The number of likely N-dealkylation sites (tertiary alicyclic amines) is 1. The Kier molecular flexibility index (Phi) is 8.26. The third-order valence-electron chi connectivity index (χ3n) is 7.78. The smallest absolute Gasteiger partial charge is 0.249 e. The SMILES string of the molecule is CCO[C@H]1CN(C(=O)[C@@H](CC(C)(C)C)c2cc(N3CCN(CC)CC3)ccc2C(N)=O)[C@@H]2C(=O)CO[C@H]12. The first-order valence-electron chi connectivity index (χ1n) is 13.5. The number of likely N-dealkylation sites (N-methyl/N-ethyl adjacent to an activating group) is 1. The summed E-state index contributed by atoms with van der Waals surface area (Å²) in [5.74, 6) is -1.47. The Balaban J connectivity index is 1.72. The Hall–Kier alpha value is -2.49. The van der Waals surface area contributed by atoms with E-state index in [1.165, 1.54) is 0 Å². The van der Waals surface area contributed by atoms with Gasteiger partial charge in [0.05, 0.1) is 12.5 Å². The first kappa shape index (κ1) is 27.5. The lowest BCUT2D eigenvalue weighted by atomic mass is 9.79. The van der Waals surface area contributed by atoms with Crippen molar-refractivity contribution in [1.82, 2.24) is 9.80 Å². The summed E-state index contributed by atoms with van der Waals surface area (Å²) in [6.07, 6.45) is -0.303. The summed E-state index contributed by atoms with van der Waals surface area (Å²) in [7, 11) is 0. The highest BCUT2D eigenvalue weighted by molar-refractivity contribution is 5.99. The average Bonchev–Trinajstić information content (AvgIpc) is 3.42. The van der Waals surface area contributed by atoms with E-state index < -0.39 is 24.0 Å². The molecule has 1 aromatic carbocycles. The summed E-state index contributed by atoms with van der Waals surface area (Å²) in [6.45, 7) is 15.7. The number of nitrogens with zero attached hydrogens (tertiary/aromatic N) is 3. The third-order valence-corrected chi connectivity index (χ3v) is 7.78. The molecule has 2 amide bonds. The van der Waals surface area contributed by atoms with Crippen LogP contribution < -0.4 is 10.6 Å². The highest BCUT2D eigenvalue weighted by atomic mass is 16.6. The molecule has 2 N–H and O–H groups in total. The van der Waals surface area contributed by atoms with Crippen molar-refractivity contribution in [3.63, 3.8) is 0 Å². The molecule has 0 saturated carbocycles. The Morgan fingerprint density at radius 3 is 2.46 bits per heavy atom. The van der Waals surface area contributed by atoms with E-state index in [2.05, 4.69) is 37.5 Å². The topological polar surface area (TPSA) is 105 Å². The monoisotopic (exact) mass is 514 g/mol. The lowest BCUT2D eigenvalue weighted by Crippen LogP contribution is -2.46. The van der Waals surface area contributed by atoms with Crippen molar-refractivity contribution in [2.45, 2.75) is 65.2 Å². The number of fused-ring (bicyclic) bond motifs is 1. The number of benzene rings is 1. The number of rotatable bonds is 8. The largest absolute Gasteiger partial charge is 0.374 e. The molecular weight excluding hydrogens is 472 g/mol. The second kappa shape index (κ2) is 11.1. The Labute approximate surface area is 220 Å². The molecule has 9 heteroatoms. The van der Waals surface area contributed by atoms with Gasteiger partial charge in [-0.3, -0.25) is 14.4 Å². The zero-order chi connectivity index (χ0) is 26.9. The molecule has 0 unspecified atom stereocenters. The summed E-state index contributed by atoms with van der Waals surface area (Å²) in [5.41, 5.74) is 7.57. The van der Waals surface area contributed by atoms with Gasteiger partial charge < -0.3 is 29.9 Å². The minimum absolute atomic E-state index is 0.0155. The number of hydrogen-bond acceptors (Lipinski definition) is 7. The van der Waals surface area contributed by atoms with Crippen LogP contribution >= 0.6 is 0 Å². The molecule has 0 spiro atoms. The Morgan fingerprint density at radius 1 is 1.16 bits per heavy atom. The molecule has 204 valence electrons. The number of primary amides is 1.